The van der Waals surface area contributed by atoms with Crippen LogP contribution >= 0.6 is 0 Å². The first-order valence-corrected chi connectivity index (χ1v) is 6.74. The molecule has 0 unspecified atom stereocenters. The molecule has 0 aliphatic carbocycles. The van der Waals surface area contributed by atoms with E-state index < -0.39 is 5.97 Å². The van der Waals surface area contributed by atoms with Crippen molar-refractivity contribution in [2.45, 2.75) is 19.4 Å². The fourth-order valence-electron chi connectivity index (χ4n) is 1.99. The maximum Gasteiger partial charge on any atom is 0.303 e. The van der Waals surface area contributed by atoms with E-state index in [2.05, 4.69) is 0 Å². The highest BCUT2D eigenvalue weighted by Crippen LogP contribution is 2.20. The third-order valence-corrected chi connectivity index (χ3v) is 3.14. The molecule has 0 fully saturated rings. The number of carboxylic acids is 1. The summed E-state index contributed by atoms with van der Waals surface area (Å²) in [5.74, 6) is 0.766. The number of benzene rings is 2. The lowest BCUT2D eigenvalue weighted by atomic mass is 10.1. The van der Waals surface area contributed by atoms with E-state index in [1.807, 2.05) is 48.5 Å². The van der Waals surface area contributed by atoms with Gasteiger partial charge in [-0.3, -0.25) is 4.79 Å². The van der Waals surface area contributed by atoms with Gasteiger partial charge in [-0.05, 0) is 30.2 Å². The van der Waals surface area contributed by atoms with Crippen LogP contribution in [0.3, 0.4) is 0 Å². The molecule has 2 aromatic carbocycles. The molecule has 0 amide bonds. The smallest absolute Gasteiger partial charge is 0.303 e. The summed E-state index contributed by atoms with van der Waals surface area (Å²) < 4.78 is 11.0. The summed E-state index contributed by atoms with van der Waals surface area (Å²) in [6, 6.07) is 15.2. The van der Waals surface area contributed by atoms with Gasteiger partial charge in [-0.25, -0.2) is 0 Å². The van der Waals surface area contributed by atoms with Gasteiger partial charge in [0.05, 0.1) is 7.11 Å². The molecule has 0 saturated carbocycles. The minimum absolute atomic E-state index is 0.140. The fourth-order valence-corrected chi connectivity index (χ4v) is 1.99. The number of aliphatic carboxylic acids is 1. The van der Waals surface area contributed by atoms with Gasteiger partial charge in [-0.1, -0.05) is 30.3 Å². The van der Waals surface area contributed by atoms with Crippen molar-refractivity contribution in [1.82, 2.24) is 0 Å². The van der Waals surface area contributed by atoms with Gasteiger partial charge in [-0.15, -0.1) is 0 Å². The van der Waals surface area contributed by atoms with Gasteiger partial charge in [-0.2, -0.15) is 0 Å². The average Bonchev–Trinajstić information content (AvgIpc) is 2.52. The molecule has 2 aromatic rings. The molecule has 4 heteroatoms. The minimum Gasteiger partial charge on any atom is -0.496 e. The number of rotatable bonds is 7. The third-order valence-electron chi connectivity index (χ3n) is 3.14. The number of carboxylic acid groups (broad SMARTS) is 1. The molecule has 1 N–H and O–H groups in total. The molecule has 110 valence electrons. The Morgan fingerprint density at radius 3 is 2.48 bits per heavy atom. The highest BCUT2D eigenvalue weighted by atomic mass is 16.5. The lowest BCUT2D eigenvalue weighted by molar-refractivity contribution is -0.136. The van der Waals surface area contributed by atoms with E-state index in [0.717, 1.165) is 22.6 Å². The second-order valence-corrected chi connectivity index (χ2v) is 4.64. The van der Waals surface area contributed by atoms with Crippen LogP contribution in [0.1, 0.15) is 17.5 Å². The molecule has 2 rings (SSSR count). The van der Waals surface area contributed by atoms with E-state index in [4.69, 9.17) is 14.6 Å². The fraction of sp³-hybridized carbons (Fsp3) is 0.235. The van der Waals surface area contributed by atoms with Crippen LogP contribution in [0.15, 0.2) is 48.5 Å². The van der Waals surface area contributed by atoms with Crippen LogP contribution in [-0.4, -0.2) is 18.2 Å². The normalized spacial score (nSPS) is 10.1. The number of methoxy groups -OCH3 is 1. The van der Waals surface area contributed by atoms with E-state index in [1.54, 1.807) is 7.11 Å². The van der Waals surface area contributed by atoms with E-state index in [0.29, 0.717) is 13.0 Å². The Labute approximate surface area is 123 Å². The summed E-state index contributed by atoms with van der Waals surface area (Å²) in [6.45, 7) is 0.429. The molecule has 0 bridgehead atoms. The van der Waals surface area contributed by atoms with Crippen LogP contribution in [-0.2, 0) is 17.8 Å². The first kappa shape index (κ1) is 14.9. The quantitative estimate of drug-likeness (QED) is 0.848. The Balaban J connectivity index is 1.93. The Morgan fingerprint density at radius 2 is 1.81 bits per heavy atom. The number of para-hydroxylation sites is 1. The average molecular weight is 286 g/mol. The van der Waals surface area contributed by atoms with Crippen molar-refractivity contribution in [2.75, 3.05) is 7.11 Å². The van der Waals surface area contributed by atoms with Gasteiger partial charge >= 0.3 is 5.97 Å². The van der Waals surface area contributed by atoms with Crippen molar-refractivity contribution in [3.05, 3.63) is 59.7 Å². The molecule has 0 saturated heterocycles. The van der Waals surface area contributed by atoms with E-state index in [9.17, 15) is 4.79 Å². The highest BCUT2D eigenvalue weighted by molar-refractivity contribution is 5.67. The maximum atomic E-state index is 10.5. The Bertz CT molecular complexity index is 590. The van der Waals surface area contributed by atoms with Crippen LogP contribution in [0.4, 0.5) is 0 Å². The number of ether oxygens (including phenoxy) is 2. The Morgan fingerprint density at radius 1 is 1.10 bits per heavy atom. The minimum atomic E-state index is -0.786. The first-order chi connectivity index (χ1) is 10.2. The van der Waals surface area contributed by atoms with Gasteiger partial charge < -0.3 is 14.6 Å². The van der Waals surface area contributed by atoms with Gasteiger partial charge in [0.2, 0.25) is 0 Å². The molecular weight excluding hydrogens is 268 g/mol. The second-order valence-electron chi connectivity index (χ2n) is 4.64. The molecule has 0 aromatic heterocycles. The predicted octanol–water partition coefficient (Wildman–Crippen LogP) is 3.29. The van der Waals surface area contributed by atoms with Crippen molar-refractivity contribution in [3.63, 3.8) is 0 Å². The molecule has 0 aliphatic rings. The number of hydrogen-bond acceptors (Lipinski definition) is 3. The topological polar surface area (TPSA) is 55.8 Å². The molecular formula is C17H18O4. The van der Waals surface area contributed by atoms with Crippen LogP contribution in [0, 0.1) is 0 Å². The zero-order valence-electron chi connectivity index (χ0n) is 11.9. The summed E-state index contributed by atoms with van der Waals surface area (Å²) in [4.78, 5) is 10.5. The molecule has 0 atom stereocenters. The molecule has 4 nitrogen and oxygen atoms in total. The monoisotopic (exact) mass is 286 g/mol. The molecule has 0 radical (unpaired) electrons. The van der Waals surface area contributed by atoms with E-state index >= 15 is 0 Å². The van der Waals surface area contributed by atoms with Crippen molar-refractivity contribution >= 4 is 5.97 Å². The van der Waals surface area contributed by atoms with Crippen molar-refractivity contribution in [1.29, 1.82) is 0 Å². The summed E-state index contributed by atoms with van der Waals surface area (Å²) in [5, 5.41) is 8.65. The highest BCUT2D eigenvalue weighted by Gasteiger charge is 2.03. The van der Waals surface area contributed by atoms with E-state index in [1.165, 1.54) is 0 Å². The number of carbonyl (C=O) groups is 1. The second kappa shape index (κ2) is 7.33. The Kier molecular flexibility index (Phi) is 5.21. The molecule has 0 spiro atoms. The third kappa shape index (κ3) is 4.53. The summed E-state index contributed by atoms with van der Waals surface area (Å²) >= 11 is 0. The van der Waals surface area contributed by atoms with Crippen LogP contribution in [0.2, 0.25) is 0 Å². The molecule has 0 aliphatic heterocycles. The first-order valence-electron chi connectivity index (χ1n) is 6.74. The lowest BCUT2D eigenvalue weighted by Gasteiger charge is -2.10. The van der Waals surface area contributed by atoms with Crippen LogP contribution in [0.25, 0.3) is 0 Å². The van der Waals surface area contributed by atoms with Gasteiger partial charge in [0.25, 0.3) is 0 Å². The lowest BCUT2D eigenvalue weighted by Crippen LogP contribution is -1.99. The zero-order valence-corrected chi connectivity index (χ0v) is 11.9. The standard InChI is InChI=1S/C17H18O4/c1-20-16-5-3-2-4-14(16)12-21-15-9-6-13(7-10-15)8-11-17(18)19/h2-7,9-10H,8,11-12H2,1H3,(H,18,19). The van der Waals surface area contributed by atoms with Gasteiger partial charge in [0.15, 0.2) is 0 Å². The zero-order chi connectivity index (χ0) is 15.1. The molecule has 0 heterocycles. The van der Waals surface area contributed by atoms with Crippen molar-refractivity contribution < 1.29 is 19.4 Å². The largest absolute Gasteiger partial charge is 0.496 e. The van der Waals surface area contributed by atoms with Gasteiger partial charge in [0, 0.05) is 12.0 Å². The van der Waals surface area contributed by atoms with E-state index in [-0.39, 0.29) is 6.42 Å². The summed E-state index contributed by atoms with van der Waals surface area (Å²) in [6.07, 6.45) is 0.670. The summed E-state index contributed by atoms with van der Waals surface area (Å²) in [7, 11) is 1.63. The SMILES string of the molecule is COc1ccccc1COc1ccc(CCC(=O)O)cc1. The van der Waals surface area contributed by atoms with Crippen molar-refractivity contribution in [2.24, 2.45) is 0 Å². The van der Waals surface area contributed by atoms with Crippen LogP contribution in [0.5, 0.6) is 11.5 Å². The summed E-state index contributed by atoms with van der Waals surface area (Å²) in [5.41, 5.74) is 1.97. The maximum absolute atomic E-state index is 10.5. The number of hydrogen-bond donors (Lipinski definition) is 1. The number of aryl methyl sites for hydroxylation is 1. The Hall–Kier alpha value is -2.49. The van der Waals surface area contributed by atoms with Crippen molar-refractivity contribution in [3.8, 4) is 11.5 Å². The van der Waals surface area contributed by atoms with Crippen LogP contribution < -0.4 is 9.47 Å². The molecule has 21 heavy (non-hydrogen) atoms. The predicted molar refractivity (Wildman–Crippen MR) is 79.7 cm³/mol. The van der Waals surface area contributed by atoms with Gasteiger partial charge in [0.1, 0.15) is 18.1 Å².